The van der Waals surface area contributed by atoms with Crippen LogP contribution in [0, 0.1) is 6.92 Å². The fourth-order valence-corrected chi connectivity index (χ4v) is 4.69. The third kappa shape index (κ3) is 13.2. The van der Waals surface area contributed by atoms with Gasteiger partial charge in [-0.2, -0.15) is 0 Å². The smallest absolute Gasteiger partial charge is 0.164 e. The lowest BCUT2D eigenvalue weighted by Crippen LogP contribution is -2.00. The first-order valence-corrected chi connectivity index (χ1v) is 13.7. The van der Waals surface area contributed by atoms with E-state index in [0.29, 0.717) is 12.4 Å². The molecule has 0 aliphatic heterocycles. The minimum Gasteiger partial charge on any atom is -0.508 e. The molecule has 1 aromatic rings. The molecule has 4 heteroatoms. The summed E-state index contributed by atoms with van der Waals surface area (Å²) in [5.74, 6) is 1.66. The molecule has 192 valence electrons. The molecule has 0 amide bonds. The van der Waals surface area contributed by atoms with Crippen molar-refractivity contribution in [3.05, 3.63) is 17.2 Å². The molecule has 2 N–H and O–H groups in total. The quantitative estimate of drug-likeness (QED) is 0.169. The number of benzene rings is 1. The maximum Gasteiger partial charge on any atom is 0.164 e. The van der Waals surface area contributed by atoms with Crippen LogP contribution in [0.4, 0.5) is 0 Å². The van der Waals surface area contributed by atoms with E-state index in [1.54, 1.807) is 20.3 Å². The number of unbranched alkanes of at least 4 members (excludes halogenated alkanes) is 17. The third-order valence-electron chi connectivity index (χ3n) is 6.86. The number of aliphatic hydroxyl groups excluding tert-OH is 1. The first-order valence-electron chi connectivity index (χ1n) is 13.7. The SMILES string of the molecule is COc1cc(O)c(C)c(CCCCCCCCCCCCCCCCCCCCO)c1OC. The van der Waals surface area contributed by atoms with Gasteiger partial charge < -0.3 is 19.7 Å². The molecule has 0 bridgehead atoms. The maximum atomic E-state index is 10.1. The molecule has 0 radical (unpaired) electrons. The molecule has 0 unspecified atom stereocenters. The number of rotatable bonds is 22. The molecule has 0 fully saturated rings. The highest BCUT2D eigenvalue weighted by Gasteiger charge is 2.16. The van der Waals surface area contributed by atoms with Crippen LogP contribution < -0.4 is 9.47 Å². The summed E-state index contributed by atoms with van der Waals surface area (Å²) < 4.78 is 10.9. The van der Waals surface area contributed by atoms with Gasteiger partial charge in [0.05, 0.1) is 14.2 Å². The Labute approximate surface area is 204 Å². The fourth-order valence-electron chi connectivity index (χ4n) is 4.69. The fraction of sp³-hybridized carbons (Fsp3) is 0.793. The zero-order chi connectivity index (χ0) is 24.2. The molecule has 0 aliphatic carbocycles. The summed E-state index contributed by atoms with van der Waals surface area (Å²) in [4.78, 5) is 0. The predicted molar refractivity (Wildman–Crippen MR) is 140 cm³/mol. The highest BCUT2D eigenvalue weighted by Crippen LogP contribution is 2.39. The predicted octanol–water partition coefficient (Wildman–Crippen LogP) is 8.27. The average molecular weight is 465 g/mol. The number of ether oxygens (including phenoxy) is 2. The Bertz CT molecular complexity index is 600. The number of phenols is 1. The summed E-state index contributed by atoms with van der Waals surface area (Å²) in [6.07, 6.45) is 24.6. The number of aromatic hydroxyl groups is 1. The zero-order valence-corrected chi connectivity index (χ0v) is 21.9. The van der Waals surface area contributed by atoms with Crippen molar-refractivity contribution in [2.45, 2.75) is 129 Å². The van der Waals surface area contributed by atoms with Crippen LogP contribution in [0.25, 0.3) is 0 Å². The summed E-state index contributed by atoms with van der Waals surface area (Å²) in [6, 6.07) is 1.64. The number of phenolic OH excluding ortho intramolecular Hbond substituents is 1. The largest absolute Gasteiger partial charge is 0.508 e. The van der Waals surface area contributed by atoms with Gasteiger partial charge in [-0.3, -0.25) is 0 Å². The van der Waals surface area contributed by atoms with Crippen molar-refractivity contribution in [3.8, 4) is 17.2 Å². The van der Waals surface area contributed by atoms with Gasteiger partial charge in [-0.15, -0.1) is 0 Å². The van der Waals surface area contributed by atoms with Crippen molar-refractivity contribution in [1.82, 2.24) is 0 Å². The summed E-state index contributed by atoms with van der Waals surface area (Å²) in [7, 11) is 3.28. The Morgan fingerprint density at radius 2 is 1.00 bits per heavy atom. The highest BCUT2D eigenvalue weighted by atomic mass is 16.5. The Morgan fingerprint density at radius 3 is 1.36 bits per heavy atom. The van der Waals surface area contributed by atoms with Gasteiger partial charge in [-0.25, -0.2) is 0 Å². The highest BCUT2D eigenvalue weighted by molar-refractivity contribution is 5.56. The van der Waals surface area contributed by atoms with Crippen LogP contribution in [0.1, 0.15) is 127 Å². The Hall–Kier alpha value is -1.42. The number of hydrogen-bond donors (Lipinski definition) is 2. The van der Waals surface area contributed by atoms with Crippen molar-refractivity contribution in [1.29, 1.82) is 0 Å². The second-order valence-electron chi connectivity index (χ2n) is 9.57. The molecule has 33 heavy (non-hydrogen) atoms. The van der Waals surface area contributed by atoms with E-state index >= 15 is 0 Å². The van der Waals surface area contributed by atoms with E-state index < -0.39 is 0 Å². The van der Waals surface area contributed by atoms with Gasteiger partial charge in [0, 0.05) is 18.2 Å². The van der Waals surface area contributed by atoms with Gasteiger partial charge in [0.25, 0.3) is 0 Å². The monoisotopic (exact) mass is 464 g/mol. The van der Waals surface area contributed by atoms with Gasteiger partial charge in [0.2, 0.25) is 0 Å². The third-order valence-corrected chi connectivity index (χ3v) is 6.86. The molecule has 0 atom stereocenters. The number of hydrogen-bond acceptors (Lipinski definition) is 4. The minimum absolute atomic E-state index is 0.285. The van der Waals surface area contributed by atoms with Crippen LogP contribution in [-0.4, -0.2) is 31.0 Å². The lowest BCUT2D eigenvalue weighted by Gasteiger charge is -2.16. The van der Waals surface area contributed by atoms with Crippen molar-refractivity contribution in [2.75, 3.05) is 20.8 Å². The number of methoxy groups -OCH3 is 2. The molecule has 0 saturated heterocycles. The van der Waals surface area contributed by atoms with Crippen LogP contribution >= 0.6 is 0 Å². The van der Waals surface area contributed by atoms with Gasteiger partial charge in [-0.05, 0) is 31.7 Å². The first kappa shape index (κ1) is 29.6. The van der Waals surface area contributed by atoms with Crippen molar-refractivity contribution in [3.63, 3.8) is 0 Å². The van der Waals surface area contributed by atoms with Crippen molar-refractivity contribution < 1.29 is 19.7 Å². The average Bonchev–Trinajstić information content (AvgIpc) is 2.82. The van der Waals surface area contributed by atoms with E-state index in [0.717, 1.165) is 36.1 Å². The molecule has 0 aromatic heterocycles. The molecule has 0 spiro atoms. The standard InChI is InChI=1S/C29H52O4/c1-25-26(29(33-3)28(32-2)24-27(25)31)22-20-18-16-14-12-10-8-6-4-5-7-9-11-13-15-17-19-21-23-30/h24,30-31H,4-23H2,1-3H3. The van der Waals surface area contributed by atoms with Gasteiger partial charge in [-0.1, -0.05) is 103 Å². The molecular formula is C29H52O4. The number of aliphatic hydroxyl groups is 1. The van der Waals surface area contributed by atoms with E-state index in [2.05, 4.69) is 0 Å². The van der Waals surface area contributed by atoms with E-state index in [-0.39, 0.29) is 5.75 Å². The van der Waals surface area contributed by atoms with Crippen LogP contribution in [-0.2, 0) is 6.42 Å². The second-order valence-corrected chi connectivity index (χ2v) is 9.57. The van der Waals surface area contributed by atoms with Crippen molar-refractivity contribution >= 4 is 0 Å². The molecular weight excluding hydrogens is 412 g/mol. The molecule has 0 aliphatic rings. The van der Waals surface area contributed by atoms with Gasteiger partial charge in [0.15, 0.2) is 11.5 Å². The summed E-state index contributed by atoms with van der Waals surface area (Å²) in [6.45, 7) is 2.31. The first-order chi connectivity index (χ1) is 16.2. The summed E-state index contributed by atoms with van der Waals surface area (Å²) in [5.41, 5.74) is 1.98. The molecule has 0 saturated carbocycles. The van der Waals surface area contributed by atoms with Crippen molar-refractivity contribution in [2.24, 2.45) is 0 Å². The van der Waals surface area contributed by atoms with E-state index in [9.17, 15) is 5.11 Å². The van der Waals surface area contributed by atoms with Crippen LogP contribution in [0.2, 0.25) is 0 Å². The Balaban J connectivity index is 1.95. The lowest BCUT2D eigenvalue weighted by atomic mass is 9.98. The zero-order valence-electron chi connectivity index (χ0n) is 21.9. The normalized spacial score (nSPS) is 11.2. The summed E-state index contributed by atoms with van der Waals surface area (Å²) in [5, 5.41) is 18.9. The van der Waals surface area contributed by atoms with Gasteiger partial charge >= 0.3 is 0 Å². The van der Waals surface area contributed by atoms with Crippen LogP contribution in [0.3, 0.4) is 0 Å². The molecule has 0 heterocycles. The van der Waals surface area contributed by atoms with Crippen LogP contribution in [0.5, 0.6) is 17.2 Å². The molecule has 4 nitrogen and oxygen atoms in total. The van der Waals surface area contributed by atoms with E-state index in [1.165, 1.54) is 103 Å². The lowest BCUT2D eigenvalue weighted by molar-refractivity contribution is 0.282. The molecule has 1 aromatic carbocycles. The molecule has 1 rings (SSSR count). The van der Waals surface area contributed by atoms with E-state index in [4.69, 9.17) is 14.6 Å². The van der Waals surface area contributed by atoms with Gasteiger partial charge in [0.1, 0.15) is 5.75 Å². The maximum absolute atomic E-state index is 10.1. The summed E-state index contributed by atoms with van der Waals surface area (Å²) >= 11 is 0. The second kappa shape index (κ2) is 20.0. The topological polar surface area (TPSA) is 58.9 Å². The van der Waals surface area contributed by atoms with Crippen LogP contribution in [0.15, 0.2) is 6.07 Å². The van der Waals surface area contributed by atoms with E-state index in [1.807, 2.05) is 6.92 Å². The minimum atomic E-state index is 0.285. The Morgan fingerprint density at radius 1 is 0.606 bits per heavy atom. The Kier molecular flexibility index (Phi) is 17.9.